The first-order chi connectivity index (χ1) is 10.9. The number of fused-ring (bicyclic) bond motifs is 1. The fourth-order valence-electron chi connectivity index (χ4n) is 2.25. The SMILES string of the molecule is Cn1nc(Br)c2c(NCCc3csc(C(C)(C)C)n3)ncnc21. The molecule has 8 heteroatoms. The highest BCUT2D eigenvalue weighted by Crippen LogP contribution is 2.27. The van der Waals surface area contributed by atoms with E-state index >= 15 is 0 Å². The van der Waals surface area contributed by atoms with E-state index in [1.165, 1.54) is 5.01 Å². The first-order valence-electron chi connectivity index (χ1n) is 7.38. The van der Waals surface area contributed by atoms with Gasteiger partial charge in [0.05, 0.1) is 16.1 Å². The van der Waals surface area contributed by atoms with Crippen LogP contribution in [0.2, 0.25) is 0 Å². The van der Waals surface area contributed by atoms with Gasteiger partial charge in [-0.3, -0.25) is 0 Å². The van der Waals surface area contributed by atoms with Gasteiger partial charge in [0.1, 0.15) is 16.7 Å². The average Bonchev–Trinajstić information content (AvgIpc) is 3.05. The summed E-state index contributed by atoms with van der Waals surface area (Å²) in [4.78, 5) is 13.3. The van der Waals surface area contributed by atoms with Crippen LogP contribution in [0.15, 0.2) is 16.3 Å². The molecular formula is C15H19BrN6S. The van der Waals surface area contributed by atoms with Crippen LogP contribution in [-0.4, -0.2) is 31.3 Å². The number of hydrogen-bond donors (Lipinski definition) is 1. The van der Waals surface area contributed by atoms with Crippen molar-refractivity contribution in [1.29, 1.82) is 0 Å². The van der Waals surface area contributed by atoms with Crippen LogP contribution in [0.5, 0.6) is 0 Å². The lowest BCUT2D eigenvalue weighted by molar-refractivity contribution is 0.583. The minimum absolute atomic E-state index is 0.107. The number of aromatic nitrogens is 5. The molecule has 122 valence electrons. The lowest BCUT2D eigenvalue weighted by Crippen LogP contribution is -2.11. The van der Waals surface area contributed by atoms with Crippen molar-refractivity contribution in [1.82, 2.24) is 24.7 Å². The fraction of sp³-hybridized carbons (Fsp3) is 0.467. The topological polar surface area (TPSA) is 68.5 Å². The standard InChI is InChI=1S/C15H19BrN6S/c1-15(2,3)14-20-9(7-23-14)5-6-17-12-10-11(16)21-22(4)13(10)19-8-18-12/h7-8H,5-6H2,1-4H3,(H,17,18,19). The summed E-state index contributed by atoms with van der Waals surface area (Å²) in [5.41, 5.74) is 2.02. The maximum Gasteiger partial charge on any atom is 0.164 e. The molecule has 3 aromatic heterocycles. The van der Waals surface area contributed by atoms with Gasteiger partial charge in [-0.25, -0.2) is 19.6 Å². The zero-order valence-corrected chi connectivity index (χ0v) is 16.0. The van der Waals surface area contributed by atoms with Crippen LogP contribution >= 0.6 is 27.3 Å². The van der Waals surface area contributed by atoms with Gasteiger partial charge in [-0.1, -0.05) is 20.8 Å². The molecule has 3 aromatic rings. The maximum absolute atomic E-state index is 4.72. The largest absolute Gasteiger partial charge is 0.369 e. The van der Waals surface area contributed by atoms with Gasteiger partial charge in [0.25, 0.3) is 0 Å². The van der Waals surface area contributed by atoms with E-state index in [1.54, 1.807) is 22.3 Å². The van der Waals surface area contributed by atoms with Crippen molar-refractivity contribution in [3.63, 3.8) is 0 Å². The molecule has 3 heterocycles. The minimum Gasteiger partial charge on any atom is -0.369 e. The van der Waals surface area contributed by atoms with E-state index in [0.717, 1.165) is 40.1 Å². The highest BCUT2D eigenvalue weighted by molar-refractivity contribution is 9.10. The molecule has 1 N–H and O–H groups in total. The molecule has 0 spiro atoms. The summed E-state index contributed by atoms with van der Waals surface area (Å²) in [7, 11) is 1.87. The smallest absolute Gasteiger partial charge is 0.164 e. The molecule has 0 atom stereocenters. The van der Waals surface area contributed by atoms with Crippen LogP contribution in [0, 0.1) is 0 Å². The third-order valence-corrected chi connectivity index (χ3v) is 5.32. The number of thiazole rings is 1. The Morgan fingerprint density at radius 3 is 2.78 bits per heavy atom. The van der Waals surface area contributed by atoms with Crippen molar-refractivity contribution in [2.45, 2.75) is 32.6 Å². The molecule has 0 aliphatic heterocycles. The molecular weight excluding hydrogens is 376 g/mol. The van der Waals surface area contributed by atoms with Crippen molar-refractivity contribution in [2.75, 3.05) is 11.9 Å². The van der Waals surface area contributed by atoms with Gasteiger partial charge in [-0.15, -0.1) is 11.3 Å². The van der Waals surface area contributed by atoms with Crippen molar-refractivity contribution >= 4 is 44.1 Å². The third kappa shape index (κ3) is 3.37. The van der Waals surface area contributed by atoms with Crippen molar-refractivity contribution in [3.05, 3.63) is 27.0 Å². The normalized spacial score (nSPS) is 12.0. The molecule has 23 heavy (non-hydrogen) atoms. The summed E-state index contributed by atoms with van der Waals surface area (Å²) in [5.74, 6) is 0.793. The number of nitrogens with zero attached hydrogens (tertiary/aromatic N) is 5. The first-order valence-corrected chi connectivity index (χ1v) is 9.05. The third-order valence-electron chi connectivity index (χ3n) is 3.44. The van der Waals surface area contributed by atoms with Gasteiger partial charge in [0, 0.05) is 30.8 Å². The molecule has 0 fully saturated rings. The first kappa shape index (κ1) is 16.3. The van der Waals surface area contributed by atoms with Crippen LogP contribution in [0.1, 0.15) is 31.5 Å². The predicted octanol–water partition coefficient (Wildman–Crippen LogP) is 3.53. The maximum atomic E-state index is 4.72. The second kappa shape index (κ2) is 6.16. The summed E-state index contributed by atoms with van der Waals surface area (Å²) in [6.07, 6.45) is 2.41. The number of anilines is 1. The van der Waals surface area contributed by atoms with Gasteiger partial charge in [0.15, 0.2) is 5.65 Å². The van der Waals surface area contributed by atoms with Gasteiger partial charge >= 0.3 is 0 Å². The molecule has 0 aromatic carbocycles. The van der Waals surface area contributed by atoms with E-state index in [2.05, 4.69) is 62.5 Å². The number of aryl methyl sites for hydroxylation is 1. The molecule has 0 saturated carbocycles. The number of hydrogen-bond acceptors (Lipinski definition) is 6. The Morgan fingerprint density at radius 1 is 1.30 bits per heavy atom. The monoisotopic (exact) mass is 394 g/mol. The van der Waals surface area contributed by atoms with Crippen molar-refractivity contribution in [3.8, 4) is 0 Å². The number of rotatable bonds is 4. The summed E-state index contributed by atoms with van der Waals surface area (Å²) < 4.78 is 2.49. The molecule has 0 radical (unpaired) electrons. The van der Waals surface area contributed by atoms with E-state index in [-0.39, 0.29) is 5.41 Å². The molecule has 3 rings (SSSR count). The second-order valence-electron chi connectivity index (χ2n) is 6.41. The van der Waals surface area contributed by atoms with Crippen LogP contribution in [0.4, 0.5) is 5.82 Å². The van der Waals surface area contributed by atoms with Crippen LogP contribution in [-0.2, 0) is 18.9 Å². The second-order valence-corrected chi connectivity index (χ2v) is 8.02. The Balaban J connectivity index is 1.71. The molecule has 0 amide bonds. The Labute approximate surface area is 147 Å². The Morgan fingerprint density at radius 2 is 2.09 bits per heavy atom. The average molecular weight is 395 g/mol. The van der Waals surface area contributed by atoms with Crippen LogP contribution in [0.3, 0.4) is 0 Å². The zero-order chi connectivity index (χ0) is 16.6. The lowest BCUT2D eigenvalue weighted by atomic mass is 9.98. The molecule has 0 aliphatic rings. The summed E-state index contributed by atoms with van der Waals surface area (Å²) in [5, 5.41) is 11.9. The summed E-state index contributed by atoms with van der Waals surface area (Å²) >= 11 is 5.19. The van der Waals surface area contributed by atoms with Gasteiger partial charge < -0.3 is 5.32 Å². The molecule has 0 unspecified atom stereocenters. The summed E-state index contributed by atoms with van der Waals surface area (Å²) in [6, 6.07) is 0. The van der Waals surface area contributed by atoms with Crippen molar-refractivity contribution in [2.24, 2.45) is 7.05 Å². The highest BCUT2D eigenvalue weighted by atomic mass is 79.9. The molecule has 6 nitrogen and oxygen atoms in total. The van der Waals surface area contributed by atoms with E-state index in [9.17, 15) is 0 Å². The Hall–Kier alpha value is -1.54. The van der Waals surface area contributed by atoms with E-state index in [0.29, 0.717) is 0 Å². The van der Waals surface area contributed by atoms with Gasteiger partial charge in [-0.2, -0.15) is 5.10 Å². The Bertz CT molecular complexity index is 832. The lowest BCUT2D eigenvalue weighted by Gasteiger charge is -2.13. The summed E-state index contributed by atoms with van der Waals surface area (Å²) in [6.45, 7) is 7.32. The van der Waals surface area contributed by atoms with E-state index < -0.39 is 0 Å². The Kier molecular flexibility index (Phi) is 4.37. The van der Waals surface area contributed by atoms with E-state index in [4.69, 9.17) is 4.98 Å². The predicted molar refractivity (Wildman–Crippen MR) is 97.0 cm³/mol. The minimum atomic E-state index is 0.107. The molecule has 0 saturated heterocycles. The van der Waals surface area contributed by atoms with Gasteiger partial charge in [-0.05, 0) is 15.9 Å². The van der Waals surface area contributed by atoms with Gasteiger partial charge in [0.2, 0.25) is 0 Å². The van der Waals surface area contributed by atoms with Crippen LogP contribution < -0.4 is 5.32 Å². The van der Waals surface area contributed by atoms with Crippen molar-refractivity contribution < 1.29 is 0 Å². The quantitative estimate of drug-likeness (QED) is 0.732. The number of halogens is 1. The molecule has 0 aliphatic carbocycles. The van der Waals surface area contributed by atoms with E-state index in [1.807, 2.05) is 7.05 Å². The highest BCUT2D eigenvalue weighted by Gasteiger charge is 2.18. The van der Waals surface area contributed by atoms with Crippen LogP contribution in [0.25, 0.3) is 11.0 Å². The zero-order valence-electron chi connectivity index (χ0n) is 13.6. The number of nitrogens with one attached hydrogen (secondary N) is 1. The fourth-order valence-corrected chi connectivity index (χ4v) is 3.79. The molecule has 0 bridgehead atoms.